The molecule has 0 bridgehead atoms. The third kappa shape index (κ3) is 5.40. The van der Waals surface area contributed by atoms with Crippen LogP contribution in [0, 0.1) is 6.92 Å². The van der Waals surface area contributed by atoms with Crippen LogP contribution in [0.4, 0.5) is 0 Å². The molecule has 0 spiro atoms. The molecule has 1 atom stereocenters. The largest absolute Gasteiger partial charge is 0.396 e. The zero-order valence-electron chi connectivity index (χ0n) is 19.8. The first-order chi connectivity index (χ1) is 16.6. The van der Waals surface area contributed by atoms with E-state index in [2.05, 4.69) is 44.5 Å². The van der Waals surface area contributed by atoms with Gasteiger partial charge in [0.1, 0.15) is 0 Å². The van der Waals surface area contributed by atoms with Gasteiger partial charge in [-0.3, -0.25) is 9.69 Å². The van der Waals surface area contributed by atoms with Crippen LogP contribution in [-0.2, 0) is 19.5 Å². The quantitative estimate of drug-likeness (QED) is 0.356. The molecule has 0 fully saturated rings. The number of benzene rings is 2. The Morgan fingerprint density at radius 2 is 1.97 bits per heavy atom. The van der Waals surface area contributed by atoms with Gasteiger partial charge in [0.05, 0.1) is 11.6 Å². The number of tetrazole rings is 1. The molecule has 0 aliphatic heterocycles. The second kappa shape index (κ2) is 11.2. The molecule has 2 aromatic heterocycles. The van der Waals surface area contributed by atoms with Crippen molar-refractivity contribution in [2.45, 2.75) is 52.2 Å². The van der Waals surface area contributed by atoms with Gasteiger partial charge in [0.2, 0.25) is 0 Å². The maximum Gasteiger partial charge on any atom is 0.252 e. The summed E-state index contributed by atoms with van der Waals surface area (Å²) in [5, 5.41) is 23.1. The monoisotopic (exact) mass is 460 g/mol. The first-order valence-electron chi connectivity index (χ1n) is 11.9. The van der Waals surface area contributed by atoms with Crippen LogP contribution in [0.1, 0.15) is 48.3 Å². The summed E-state index contributed by atoms with van der Waals surface area (Å²) >= 11 is 0. The van der Waals surface area contributed by atoms with Crippen LogP contribution in [0.25, 0.3) is 10.9 Å². The Kier molecular flexibility index (Phi) is 7.82. The number of hydrogen-bond acceptors (Lipinski definition) is 6. The number of rotatable bonds is 11. The Labute approximate surface area is 199 Å². The third-order valence-corrected chi connectivity index (χ3v) is 6.28. The molecule has 2 aromatic carbocycles. The molecule has 2 N–H and O–H groups in total. The predicted molar refractivity (Wildman–Crippen MR) is 132 cm³/mol. The number of aromatic amines is 1. The topological polar surface area (TPSA) is 99.9 Å². The van der Waals surface area contributed by atoms with Crippen LogP contribution in [0.3, 0.4) is 0 Å². The molecule has 0 unspecified atom stereocenters. The lowest BCUT2D eigenvalue weighted by Gasteiger charge is -2.30. The van der Waals surface area contributed by atoms with Gasteiger partial charge in [0, 0.05) is 31.8 Å². The van der Waals surface area contributed by atoms with Gasteiger partial charge in [-0.1, -0.05) is 55.5 Å². The van der Waals surface area contributed by atoms with Gasteiger partial charge in [-0.05, 0) is 59.2 Å². The van der Waals surface area contributed by atoms with Crippen molar-refractivity contribution in [3.05, 3.63) is 87.5 Å². The Hall–Kier alpha value is -3.36. The Bertz CT molecular complexity index is 1270. The highest BCUT2D eigenvalue weighted by atomic mass is 16.3. The summed E-state index contributed by atoms with van der Waals surface area (Å²) in [6.45, 7) is 5.93. The molecule has 0 aliphatic rings. The summed E-state index contributed by atoms with van der Waals surface area (Å²) in [7, 11) is 0. The molecule has 0 radical (unpaired) electrons. The molecule has 0 saturated heterocycles. The van der Waals surface area contributed by atoms with Gasteiger partial charge >= 0.3 is 0 Å². The first kappa shape index (κ1) is 23.8. The summed E-state index contributed by atoms with van der Waals surface area (Å²) in [5.74, 6) is 0.782. The van der Waals surface area contributed by atoms with Crippen molar-refractivity contribution < 1.29 is 5.11 Å². The van der Waals surface area contributed by atoms with E-state index in [0.717, 1.165) is 35.1 Å². The predicted octanol–water partition coefficient (Wildman–Crippen LogP) is 3.40. The average Bonchev–Trinajstić information content (AvgIpc) is 3.31. The van der Waals surface area contributed by atoms with Crippen LogP contribution in [0.5, 0.6) is 0 Å². The number of aromatic nitrogens is 5. The SMILES string of the molecule is CC[C@H](c1nnnn1CCc1ccccc1)N(CCCO)Cc1cc2cccc(C)c2[nH]c1=O. The lowest BCUT2D eigenvalue weighted by atomic mass is 10.1. The molecule has 178 valence electrons. The fourth-order valence-corrected chi connectivity index (χ4v) is 4.48. The number of hydrogen-bond donors (Lipinski definition) is 2. The van der Waals surface area contributed by atoms with E-state index in [4.69, 9.17) is 0 Å². The molecule has 0 amide bonds. The molecule has 0 aliphatic carbocycles. The molecular formula is C26H32N6O2. The van der Waals surface area contributed by atoms with E-state index in [9.17, 15) is 9.90 Å². The fraction of sp³-hybridized carbons (Fsp3) is 0.385. The highest BCUT2D eigenvalue weighted by Crippen LogP contribution is 2.25. The first-order valence-corrected chi connectivity index (χ1v) is 11.9. The van der Waals surface area contributed by atoms with Crippen LogP contribution in [0.15, 0.2) is 59.4 Å². The van der Waals surface area contributed by atoms with E-state index in [1.807, 2.05) is 54.1 Å². The molecule has 4 rings (SSSR count). The number of nitrogens with zero attached hydrogens (tertiary/aromatic N) is 5. The van der Waals surface area contributed by atoms with Crippen LogP contribution < -0.4 is 5.56 Å². The Balaban J connectivity index is 1.61. The second-order valence-corrected chi connectivity index (χ2v) is 8.63. The molecule has 8 heteroatoms. The molecule has 0 saturated carbocycles. The van der Waals surface area contributed by atoms with Crippen molar-refractivity contribution in [3.63, 3.8) is 0 Å². The molecular weight excluding hydrogens is 428 g/mol. The summed E-state index contributed by atoms with van der Waals surface area (Å²) in [5.41, 5.74) is 3.75. The van der Waals surface area contributed by atoms with Crippen molar-refractivity contribution in [1.82, 2.24) is 30.1 Å². The fourth-order valence-electron chi connectivity index (χ4n) is 4.48. The van der Waals surface area contributed by atoms with Crippen LogP contribution >= 0.6 is 0 Å². The molecule has 8 nitrogen and oxygen atoms in total. The van der Waals surface area contributed by atoms with Gasteiger partial charge < -0.3 is 10.1 Å². The van der Waals surface area contributed by atoms with Gasteiger partial charge in [0.15, 0.2) is 5.82 Å². The van der Waals surface area contributed by atoms with Crippen molar-refractivity contribution in [1.29, 1.82) is 0 Å². The van der Waals surface area contributed by atoms with Crippen molar-refractivity contribution in [3.8, 4) is 0 Å². The molecule has 4 aromatic rings. The summed E-state index contributed by atoms with van der Waals surface area (Å²) < 4.78 is 1.86. The van der Waals surface area contributed by atoms with Crippen LogP contribution in [-0.4, -0.2) is 48.3 Å². The van der Waals surface area contributed by atoms with Gasteiger partial charge in [0.25, 0.3) is 5.56 Å². The number of aryl methyl sites for hydroxylation is 3. The minimum Gasteiger partial charge on any atom is -0.396 e. The van der Waals surface area contributed by atoms with Crippen LogP contribution in [0.2, 0.25) is 0 Å². The maximum atomic E-state index is 12.9. The molecule has 2 heterocycles. The number of para-hydroxylation sites is 1. The van der Waals surface area contributed by atoms with Crippen molar-refractivity contribution in [2.75, 3.05) is 13.2 Å². The van der Waals surface area contributed by atoms with Gasteiger partial charge in [-0.25, -0.2) is 4.68 Å². The number of fused-ring (bicyclic) bond motifs is 1. The second-order valence-electron chi connectivity index (χ2n) is 8.63. The van der Waals surface area contributed by atoms with Gasteiger partial charge in [-0.15, -0.1) is 5.10 Å². The number of nitrogens with one attached hydrogen (secondary N) is 1. The van der Waals surface area contributed by atoms with E-state index in [0.29, 0.717) is 31.6 Å². The number of aliphatic hydroxyl groups excluding tert-OH is 1. The minimum absolute atomic E-state index is 0.0788. The number of H-pyrrole nitrogens is 1. The Morgan fingerprint density at radius 1 is 1.15 bits per heavy atom. The van der Waals surface area contributed by atoms with E-state index in [-0.39, 0.29) is 18.2 Å². The van der Waals surface area contributed by atoms with E-state index in [1.165, 1.54) is 5.56 Å². The third-order valence-electron chi connectivity index (χ3n) is 6.28. The van der Waals surface area contributed by atoms with Crippen molar-refractivity contribution in [2.24, 2.45) is 0 Å². The van der Waals surface area contributed by atoms with E-state index < -0.39 is 0 Å². The zero-order valence-corrected chi connectivity index (χ0v) is 19.8. The normalized spacial score (nSPS) is 12.5. The maximum absolute atomic E-state index is 12.9. The van der Waals surface area contributed by atoms with E-state index >= 15 is 0 Å². The minimum atomic E-state index is -0.0886. The Morgan fingerprint density at radius 3 is 2.74 bits per heavy atom. The summed E-state index contributed by atoms with van der Waals surface area (Å²) in [6.07, 6.45) is 2.21. The van der Waals surface area contributed by atoms with Crippen molar-refractivity contribution >= 4 is 10.9 Å². The summed E-state index contributed by atoms with van der Waals surface area (Å²) in [4.78, 5) is 18.2. The lowest BCUT2D eigenvalue weighted by molar-refractivity contribution is 0.152. The number of pyridine rings is 1. The smallest absolute Gasteiger partial charge is 0.252 e. The van der Waals surface area contributed by atoms with E-state index in [1.54, 1.807) is 0 Å². The average molecular weight is 461 g/mol. The van der Waals surface area contributed by atoms with Gasteiger partial charge in [-0.2, -0.15) is 0 Å². The number of aliphatic hydroxyl groups is 1. The zero-order chi connectivity index (χ0) is 23.9. The lowest BCUT2D eigenvalue weighted by Crippen LogP contribution is -2.34. The summed E-state index contributed by atoms with van der Waals surface area (Å²) in [6, 6.07) is 18.2. The standard InChI is InChI=1S/C26H32N6O2/c1-3-23(25-28-29-30-32(25)15-13-20-10-5-4-6-11-20)31(14-8-16-33)18-22-17-21-12-7-9-19(2)24(21)27-26(22)34/h4-7,9-12,17,23,33H,3,8,13-16,18H2,1-2H3,(H,27,34)/t23-/m1/s1. The molecule has 34 heavy (non-hydrogen) atoms. The highest BCUT2D eigenvalue weighted by Gasteiger charge is 2.25. The highest BCUT2D eigenvalue weighted by molar-refractivity contribution is 5.81.